The second-order valence-electron chi connectivity index (χ2n) is 6.96. The van der Waals surface area contributed by atoms with Crippen LogP contribution in [0.25, 0.3) is 0 Å². The summed E-state index contributed by atoms with van der Waals surface area (Å²) in [6.07, 6.45) is -4.37. The van der Waals surface area contributed by atoms with Crippen molar-refractivity contribution in [2.45, 2.75) is 37.6 Å². The van der Waals surface area contributed by atoms with Gasteiger partial charge in [-0.3, -0.25) is 0 Å². The Bertz CT molecular complexity index is 1120. The number of hydrogen-bond acceptors (Lipinski definition) is 1. The third kappa shape index (κ3) is 5.00. The van der Waals surface area contributed by atoms with Gasteiger partial charge in [0, 0.05) is 9.79 Å². The van der Waals surface area contributed by atoms with Gasteiger partial charge in [-0.05, 0) is 67.1 Å². The summed E-state index contributed by atoms with van der Waals surface area (Å²) in [4.78, 5) is 4.59. The second-order valence-corrected chi connectivity index (χ2v) is 10.1. The Hall–Kier alpha value is -2.63. The lowest BCUT2D eigenvalue weighted by molar-refractivity contribution is -0.139. The van der Waals surface area contributed by atoms with Crippen LogP contribution in [0.15, 0.2) is 128 Å². The topological polar surface area (TPSA) is 0 Å². The van der Waals surface area contributed by atoms with E-state index in [-0.39, 0.29) is 15.8 Å². The summed E-state index contributed by atoms with van der Waals surface area (Å²) in [5.41, 5.74) is 0.362. The lowest BCUT2D eigenvalue weighted by atomic mass is 10.2. The smallest absolute Gasteiger partial charge is 0.166 e. The van der Waals surface area contributed by atoms with E-state index in [1.807, 2.05) is 55.5 Å². The third-order valence-corrected chi connectivity index (χ3v) is 8.22. The summed E-state index contributed by atoms with van der Waals surface area (Å²) in [7, 11) is -0.287. The summed E-state index contributed by atoms with van der Waals surface area (Å²) in [6, 6.07) is 32.4. The molecule has 31 heavy (non-hydrogen) atoms. The number of hydrogen-bond donors (Lipinski definition) is 0. The molecule has 0 saturated carbocycles. The zero-order chi connectivity index (χ0) is 21.8. The van der Waals surface area contributed by atoms with Crippen LogP contribution in [-0.4, -0.2) is 0 Å². The highest BCUT2D eigenvalue weighted by atomic mass is 32.2. The fraction of sp³-hybridized carbons (Fsp3) is 0.0769. The van der Waals surface area contributed by atoms with E-state index in [2.05, 4.69) is 30.3 Å². The molecule has 156 valence electrons. The van der Waals surface area contributed by atoms with Gasteiger partial charge in [0.1, 0.15) is 0 Å². The Kier molecular flexibility index (Phi) is 6.44. The van der Waals surface area contributed by atoms with Crippen LogP contribution in [-0.2, 0) is 17.1 Å². The molecule has 0 aliphatic rings. The maximum Gasteiger partial charge on any atom is 0.417 e. The van der Waals surface area contributed by atoms with Gasteiger partial charge in [-0.2, -0.15) is 13.2 Å². The van der Waals surface area contributed by atoms with Crippen molar-refractivity contribution >= 4 is 22.7 Å². The molecule has 0 nitrogen and oxygen atoms in total. The van der Waals surface area contributed by atoms with Crippen molar-refractivity contribution in [1.82, 2.24) is 0 Å². The van der Waals surface area contributed by atoms with Crippen LogP contribution in [0, 0.1) is 6.92 Å². The number of aryl methyl sites for hydroxylation is 1. The molecule has 0 fully saturated rings. The lowest BCUT2D eigenvalue weighted by Gasteiger charge is -2.14. The molecule has 0 bridgehead atoms. The van der Waals surface area contributed by atoms with Crippen LogP contribution in [0.2, 0.25) is 0 Å². The molecule has 0 aliphatic carbocycles. The average molecular weight is 454 g/mol. The highest BCUT2D eigenvalue weighted by Crippen LogP contribution is 2.41. The van der Waals surface area contributed by atoms with Crippen molar-refractivity contribution in [1.29, 1.82) is 0 Å². The van der Waals surface area contributed by atoms with Crippen LogP contribution in [0.3, 0.4) is 0 Å². The minimum absolute atomic E-state index is 0.218. The Morgan fingerprint density at radius 3 is 1.71 bits per heavy atom. The normalized spacial score (nSPS) is 11.6. The van der Waals surface area contributed by atoms with Gasteiger partial charge < -0.3 is 0 Å². The minimum Gasteiger partial charge on any atom is -0.166 e. The fourth-order valence-corrected chi connectivity index (χ4v) is 6.50. The average Bonchev–Trinajstić information content (AvgIpc) is 2.77. The van der Waals surface area contributed by atoms with E-state index < -0.39 is 11.7 Å². The molecule has 0 amide bonds. The zero-order valence-corrected chi connectivity index (χ0v) is 18.4. The van der Waals surface area contributed by atoms with E-state index in [1.54, 1.807) is 6.07 Å². The van der Waals surface area contributed by atoms with Crippen LogP contribution in [0.5, 0.6) is 0 Å². The molecule has 0 radical (unpaired) electrons. The third-order valence-electron chi connectivity index (χ3n) is 4.75. The van der Waals surface area contributed by atoms with Crippen molar-refractivity contribution in [2.75, 3.05) is 0 Å². The molecular formula is C26H20F3S2+. The van der Waals surface area contributed by atoms with Gasteiger partial charge in [0.15, 0.2) is 14.7 Å². The maximum atomic E-state index is 13.4. The van der Waals surface area contributed by atoms with Gasteiger partial charge in [-0.1, -0.05) is 60.3 Å². The number of alkyl halides is 3. The van der Waals surface area contributed by atoms with E-state index in [4.69, 9.17) is 0 Å². The van der Waals surface area contributed by atoms with Crippen molar-refractivity contribution < 1.29 is 13.2 Å². The second kappa shape index (κ2) is 9.25. The summed E-state index contributed by atoms with van der Waals surface area (Å²) < 4.78 is 40.2. The van der Waals surface area contributed by atoms with Crippen molar-refractivity contribution in [3.63, 3.8) is 0 Å². The predicted molar refractivity (Wildman–Crippen MR) is 122 cm³/mol. The summed E-state index contributed by atoms with van der Waals surface area (Å²) in [6.45, 7) is 1.96. The van der Waals surface area contributed by atoms with Crippen LogP contribution in [0.1, 0.15) is 11.1 Å². The summed E-state index contributed by atoms with van der Waals surface area (Å²) >= 11 is 1.16. The van der Waals surface area contributed by atoms with E-state index in [1.165, 1.54) is 21.9 Å². The highest BCUT2D eigenvalue weighted by Gasteiger charge is 2.33. The fourth-order valence-electron chi connectivity index (χ4n) is 3.29. The quantitative estimate of drug-likeness (QED) is 0.274. The van der Waals surface area contributed by atoms with Gasteiger partial charge >= 0.3 is 6.18 Å². The molecule has 4 aromatic carbocycles. The largest absolute Gasteiger partial charge is 0.417 e. The van der Waals surface area contributed by atoms with Crippen LogP contribution >= 0.6 is 11.8 Å². The predicted octanol–water partition coefficient (Wildman–Crippen LogP) is 8.26. The number of benzene rings is 4. The highest BCUT2D eigenvalue weighted by molar-refractivity contribution is 7.99. The maximum absolute atomic E-state index is 13.4. The van der Waals surface area contributed by atoms with E-state index in [0.717, 1.165) is 33.2 Å². The first-order chi connectivity index (χ1) is 14.9. The van der Waals surface area contributed by atoms with Crippen molar-refractivity contribution in [2.24, 2.45) is 0 Å². The minimum atomic E-state index is -4.37. The molecule has 0 atom stereocenters. The SMILES string of the molecule is Cc1cc([S+](c2ccccc2)c2ccccc2)ccc1Sc1ccccc1C(F)(F)F. The standard InChI is InChI=1S/C26H20F3S2/c1-19-18-22(31(20-10-4-2-5-11-20)21-12-6-3-7-13-21)16-17-24(19)30-25-15-9-8-14-23(25)26(27,28)29/h2-18H,1H3/q+1. The molecule has 0 unspecified atom stereocenters. The molecule has 0 aliphatic heterocycles. The molecule has 0 aromatic heterocycles. The van der Waals surface area contributed by atoms with Crippen molar-refractivity contribution in [3.05, 3.63) is 114 Å². The first-order valence-corrected chi connectivity index (χ1v) is 11.8. The molecule has 4 rings (SSSR count). The Balaban J connectivity index is 1.71. The van der Waals surface area contributed by atoms with Gasteiger partial charge in [0.2, 0.25) is 0 Å². The monoisotopic (exact) mass is 453 g/mol. The van der Waals surface area contributed by atoms with Gasteiger partial charge in [0.05, 0.1) is 16.5 Å². The van der Waals surface area contributed by atoms with E-state index in [9.17, 15) is 13.2 Å². The van der Waals surface area contributed by atoms with Crippen LogP contribution < -0.4 is 0 Å². The lowest BCUT2D eigenvalue weighted by Crippen LogP contribution is -2.06. The summed E-state index contributed by atoms with van der Waals surface area (Å²) in [5.74, 6) is 0. The summed E-state index contributed by atoms with van der Waals surface area (Å²) in [5, 5.41) is 0. The van der Waals surface area contributed by atoms with E-state index in [0.29, 0.717) is 0 Å². The molecule has 4 aromatic rings. The number of rotatable bonds is 5. The number of halogens is 3. The Labute approximate surface area is 187 Å². The Morgan fingerprint density at radius 2 is 1.16 bits per heavy atom. The van der Waals surface area contributed by atoms with Gasteiger partial charge in [0.25, 0.3) is 0 Å². The molecular weight excluding hydrogens is 433 g/mol. The first-order valence-electron chi connectivity index (χ1n) is 9.72. The van der Waals surface area contributed by atoms with Gasteiger partial charge in [-0.25, -0.2) is 0 Å². The molecule has 5 heteroatoms. The molecule has 0 spiro atoms. The van der Waals surface area contributed by atoms with Gasteiger partial charge in [-0.15, -0.1) is 0 Å². The first kappa shape index (κ1) is 21.6. The van der Waals surface area contributed by atoms with Crippen LogP contribution in [0.4, 0.5) is 13.2 Å². The molecule has 0 N–H and O–H groups in total. The van der Waals surface area contributed by atoms with E-state index >= 15 is 0 Å². The zero-order valence-electron chi connectivity index (χ0n) is 16.8. The van der Waals surface area contributed by atoms with Crippen molar-refractivity contribution in [3.8, 4) is 0 Å². The molecule has 0 saturated heterocycles. The Morgan fingerprint density at radius 1 is 0.613 bits per heavy atom. The molecule has 0 heterocycles.